The van der Waals surface area contributed by atoms with Gasteiger partial charge in [-0.1, -0.05) is 30.3 Å². The van der Waals surface area contributed by atoms with Crippen LogP contribution in [0.3, 0.4) is 0 Å². The third-order valence-electron chi connectivity index (χ3n) is 5.13. The Labute approximate surface area is 195 Å². The Morgan fingerprint density at radius 2 is 1.70 bits per heavy atom. The average Bonchev–Trinajstić information content (AvgIpc) is 2.76. The van der Waals surface area contributed by atoms with Crippen LogP contribution in [0.2, 0.25) is 0 Å². The largest absolute Gasteiger partial charge is 0.368 e. The number of nitrogens with zero attached hydrogens (tertiary/aromatic N) is 1. The number of rotatable bonds is 7. The number of benzene rings is 2. The maximum absolute atomic E-state index is 12.6. The van der Waals surface area contributed by atoms with E-state index in [4.69, 9.17) is 0 Å². The molecule has 0 unspecified atom stereocenters. The number of carbonyl (C=O) groups excluding carboxylic acids is 1. The van der Waals surface area contributed by atoms with Crippen LogP contribution in [0.15, 0.2) is 71.3 Å². The maximum Gasteiger partial charge on any atom is 0.264 e. The van der Waals surface area contributed by atoms with E-state index in [1.807, 2.05) is 38.2 Å². The highest BCUT2D eigenvalue weighted by Crippen LogP contribution is 2.28. The van der Waals surface area contributed by atoms with Crippen molar-refractivity contribution in [2.75, 3.05) is 5.32 Å². The summed E-state index contributed by atoms with van der Waals surface area (Å²) in [6, 6.07) is 16.2. The number of anilines is 1. The zero-order valence-electron chi connectivity index (χ0n) is 19.5. The quantitative estimate of drug-likeness (QED) is 0.476. The van der Waals surface area contributed by atoms with Gasteiger partial charge in [0.1, 0.15) is 5.82 Å². The van der Waals surface area contributed by atoms with Crippen LogP contribution in [0, 0.1) is 13.8 Å². The topological polar surface area (TPSA) is 88.2 Å². The standard InChI is InChI=1S/C26H29N3O3S/c1-17(2)28-25-12-11-21(16-27-25)24-15-18(3)22(13-19(24)4)14-20(5)26(30)29-33(31,32)23-9-7-6-8-10-23/h6-17H,1-5H3,(H,27,28)(H,29,30). The Morgan fingerprint density at radius 1 is 1.00 bits per heavy atom. The lowest BCUT2D eigenvalue weighted by molar-refractivity contribution is -0.115. The fourth-order valence-electron chi connectivity index (χ4n) is 3.40. The Morgan fingerprint density at radius 3 is 2.30 bits per heavy atom. The van der Waals surface area contributed by atoms with Crippen LogP contribution in [-0.4, -0.2) is 25.4 Å². The summed E-state index contributed by atoms with van der Waals surface area (Å²) in [5.41, 5.74) is 5.22. The fourth-order valence-corrected chi connectivity index (χ4v) is 4.44. The molecule has 0 fully saturated rings. The van der Waals surface area contributed by atoms with Crippen LogP contribution < -0.4 is 10.0 Å². The van der Waals surface area contributed by atoms with Crippen molar-refractivity contribution in [1.82, 2.24) is 9.71 Å². The number of amides is 1. The summed E-state index contributed by atoms with van der Waals surface area (Å²) in [5, 5.41) is 3.28. The van der Waals surface area contributed by atoms with Gasteiger partial charge in [-0.15, -0.1) is 0 Å². The minimum absolute atomic E-state index is 0.0470. The molecule has 0 bridgehead atoms. The normalized spacial score (nSPS) is 12.0. The second kappa shape index (κ2) is 10.0. The third-order valence-corrected chi connectivity index (χ3v) is 6.48. The minimum atomic E-state index is -3.92. The van der Waals surface area contributed by atoms with E-state index in [1.54, 1.807) is 31.2 Å². The lowest BCUT2D eigenvalue weighted by Gasteiger charge is -2.13. The van der Waals surface area contributed by atoms with Gasteiger partial charge in [0, 0.05) is 23.4 Å². The second-order valence-electron chi connectivity index (χ2n) is 8.33. The smallest absolute Gasteiger partial charge is 0.264 e. The molecular formula is C26H29N3O3S. The SMILES string of the molecule is CC(=Cc1cc(C)c(-c2ccc(NC(C)C)nc2)cc1C)C(=O)NS(=O)(=O)c1ccccc1. The van der Waals surface area contributed by atoms with Crippen molar-refractivity contribution in [2.45, 2.75) is 45.6 Å². The van der Waals surface area contributed by atoms with Crippen molar-refractivity contribution >= 4 is 27.8 Å². The van der Waals surface area contributed by atoms with Gasteiger partial charge in [-0.05, 0) is 87.2 Å². The molecule has 33 heavy (non-hydrogen) atoms. The summed E-state index contributed by atoms with van der Waals surface area (Å²) in [5.74, 6) is 0.173. The molecule has 0 radical (unpaired) electrons. The lowest BCUT2D eigenvalue weighted by Crippen LogP contribution is -2.31. The molecule has 0 saturated heterocycles. The fraction of sp³-hybridized carbons (Fsp3) is 0.231. The summed E-state index contributed by atoms with van der Waals surface area (Å²) in [6.45, 7) is 9.69. The molecule has 172 valence electrons. The summed E-state index contributed by atoms with van der Waals surface area (Å²) in [7, 11) is -3.92. The van der Waals surface area contributed by atoms with E-state index < -0.39 is 15.9 Å². The number of sulfonamides is 1. The number of aryl methyl sites for hydroxylation is 2. The number of hydrogen-bond acceptors (Lipinski definition) is 5. The van der Waals surface area contributed by atoms with Crippen LogP contribution >= 0.6 is 0 Å². The third kappa shape index (κ3) is 6.08. The molecule has 2 aromatic carbocycles. The first-order valence-corrected chi connectivity index (χ1v) is 12.2. The van der Waals surface area contributed by atoms with Gasteiger partial charge in [0.2, 0.25) is 0 Å². The number of aromatic nitrogens is 1. The summed E-state index contributed by atoms with van der Waals surface area (Å²) in [4.78, 5) is 17.1. The second-order valence-corrected chi connectivity index (χ2v) is 10.0. The number of nitrogens with one attached hydrogen (secondary N) is 2. The molecule has 7 heteroatoms. The van der Waals surface area contributed by atoms with Gasteiger partial charge in [0.05, 0.1) is 4.90 Å². The van der Waals surface area contributed by atoms with Crippen molar-refractivity contribution in [3.63, 3.8) is 0 Å². The first kappa shape index (κ1) is 24.2. The predicted molar refractivity (Wildman–Crippen MR) is 133 cm³/mol. The van der Waals surface area contributed by atoms with Crippen molar-refractivity contribution in [3.05, 3.63) is 83.1 Å². The molecule has 1 aromatic heterocycles. The Kier molecular flexibility index (Phi) is 7.33. The van der Waals surface area contributed by atoms with Gasteiger partial charge < -0.3 is 5.32 Å². The zero-order chi connectivity index (χ0) is 24.2. The summed E-state index contributed by atoms with van der Waals surface area (Å²) in [6.07, 6.45) is 3.55. The summed E-state index contributed by atoms with van der Waals surface area (Å²) >= 11 is 0. The van der Waals surface area contributed by atoms with Crippen LogP contribution in [-0.2, 0) is 14.8 Å². The monoisotopic (exact) mass is 463 g/mol. The molecule has 3 aromatic rings. The lowest BCUT2D eigenvalue weighted by atomic mass is 9.95. The van der Waals surface area contributed by atoms with Crippen molar-refractivity contribution < 1.29 is 13.2 Å². The highest BCUT2D eigenvalue weighted by molar-refractivity contribution is 7.90. The Bertz CT molecular complexity index is 1280. The van der Waals surface area contributed by atoms with E-state index in [0.717, 1.165) is 33.6 Å². The van der Waals surface area contributed by atoms with Crippen molar-refractivity contribution in [3.8, 4) is 11.1 Å². The molecular weight excluding hydrogens is 434 g/mol. The van der Waals surface area contributed by atoms with Gasteiger partial charge in [-0.2, -0.15) is 0 Å². The van der Waals surface area contributed by atoms with Gasteiger partial charge in [0.15, 0.2) is 0 Å². The Hall–Kier alpha value is -3.45. The van der Waals surface area contributed by atoms with E-state index in [2.05, 4.69) is 34.9 Å². The maximum atomic E-state index is 12.6. The highest BCUT2D eigenvalue weighted by Gasteiger charge is 2.18. The zero-order valence-corrected chi connectivity index (χ0v) is 20.3. The van der Waals surface area contributed by atoms with Gasteiger partial charge in [-0.25, -0.2) is 18.1 Å². The van der Waals surface area contributed by atoms with Crippen molar-refractivity contribution in [1.29, 1.82) is 0 Å². The van der Waals surface area contributed by atoms with E-state index in [9.17, 15) is 13.2 Å². The van der Waals surface area contributed by atoms with Crippen LogP contribution in [0.1, 0.15) is 37.5 Å². The molecule has 1 amide bonds. The molecule has 0 saturated carbocycles. The molecule has 1 heterocycles. The minimum Gasteiger partial charge on any atom is -0.368 e. The predicted octanol–water partition coefficient (Wildman–Crippen LogP) is 5.09. The molecule has 3 rings (SSSR count). The van der Waals surface area contributed by atoms with E-state index >= 15 is 0 Å². The molecule has 0 aliphatic heterocycles. The van der Waals surface area contributed by atoms with Crippen molar-refractivity contribution in [2.24, 2.45) is 0 Å². The molecule has 2 N–H and O–H groups in total. The molecule has 0 aliphatic rings. The number of pyridine rings is 1. The summed E-state index contributed by atoms with van der Waals surface area (Å²) < 4.78 is 27.0. The highest BCUT2D eigenvalue weighted by atomic mass is 32.2. The molecule has 0 atom stereocenters. The van der Waals surface area contributed by atoms with E-state index in [1.165, 1.54) is 12.1 Å². The Balaban J connectivity index is 1.82. The number of hydrogen-bond donors (Lipinski definition) is 2. The van der Waals surface area contributed by atoms with E-state index in [-0.39, 0.29) is 4.90 Å². The first-order valence-electron chi connectivity index (χ1n) is 10.7. The average molecular weight is 464 g/mol. The molecule has 0 aliphatic carbocycles. The molecule has 6 nitrogen and oxygen atoms in total. The first-order chi connectivity index (χ1) is 15.6. The van der Waals surface area contributed by atoms with E-state index in [0.29, 0.717) is 11.6 Å². The van der Waals surface area contributed by atoms with Crippen LogP contribution in [0.4, 0.5) is 5.82 Å². The van der Waals surface area contributed by atoms with Gasteiger partial charge in [-0.3, -0.25) is 4.79 Å². The van der Waals surface area contributed by atoms with Gasteiger partial charge >= 0.3 is 0 Å². The van der Waals surface area contributed by atoms with Gasteiger partial charge in [0.25, 0.3) is 15.9 Å². The number of carbonyl (C=O) groups is 1. The molecule has 0 spiro atoms. The van der Waals surface area contributed by atoms with Crippen LogP contribution in [0.5, 0.6) is 0 Å². The van der Waals surface area contributed by atoms with Crippen LogP contribution in [0.25, 0.3) is 17.2 Å².